The number of rotatable bonds is 3. The highest BCUT2D eigenvalue weighted by Gasteiger charge is 2.44. The molecule has 1 aliphatic carbocycles. The lowest BCUT2D eigenvalue weighted by molar-refractivity contribution is -0.167. The van der Waals surface area contributed by atoms with Crippen molar-refractivity contribution in [2.75, 3.05) is 19.6 Å². The standard InChI is InChI=1S/C22H31NO2/c24-21(25-20-17-23-15-11-18(20)12-16-23)22(19-9-5-4-6-10-19)13-7-2-1-3-8-14-22/h4-6,9-10,18,20H,1-3,7-8,11-17H2/t20-/m0/s1. The molecule has 0 radical (unpaired) electrons. The van der Waals surface area contributed by atoms with E-state index in [0.717, 1.165) is 32.2 Å². The van der Waals surface area contributed by atoms with Gasteiger partial charge in [-0.1, -0.05) is 62.4 Å². The zero-order valence-electron chi connectivity index (χ0n) is 15.3. The van der Waals surface area contributed by atoms with E-state index in [1.165, 1.54) is 50.8 Å². The van der Waals surface area contributed by atoms with Crippen molar-refractivity contribution in [3.05, 3.63) is 35.9 Å². The largest absolute Gasteiger partial charge is 0.460 e. The number of ether oxygens (including phenoxy) is 1. The molecule has 0 unspecified atom stereocenters. The average Bonchev–Trinajstić information content (AvgIpc) is 2.64. The highest BCUT2D eigenvalue weighted by Crippen LogP contribution is 2.40. The number of carbonyl (C=O) groups excluding carboxylic acids is 1. The number of hydrogen-bond acceptors (Lipinski definition) is 3. The van der Waals surface area contributed by atoms with Crippen LogP contribution in [-0.2, 0) is 14.9 Å². The number of nitrogens with zero attached hydrogens (tertiary/aromatic N) is 1. The first-order valence-electron chi connectivity index (χ1n) is 10.3. The van der Waals surface area contributed by atoms with Gasteiger partial charge in [0.2, 0.25) is 0 Å². The predicted molar refractivity (Wildman–Crippen MR) is 99.5 cm³/mol. The number of carbonyl (C=O) groups is 1. The summed E-state index contributed by atoms with van der Waals surface area (Å²) in [7, 11) is 0. The highest BCUT2D eigenvalue weighted by molar-refractivity contribution is 5.83. The van der Waals surface area contributed by atoms with Crippen LogP contribution in [0.3, 0.4) is 0 Å². The first kappa shape index (κ1) is 17.1. The predicted octanol–water partition coefficient (Wildman–Crippen LogP) is 4.31. The Labute approximate surface area is 151 Å². The van der Waals surface area contributed by atoms with Gasteiger partial charge >= 0.3 is 5.97 Å². The average molecular weight is 341 g/mol. The molecule has 4 aliphatic rings. The minimum absolute atomic E-state index is 0.0550. The van der Waals surface area contributed by atoms with Crippen molar-refractivity contribution in [3.8, 4) is 0 Å². The second kappa shape index (κ2) is 7.49. The highest BCUT2D eigenvalue weighted by atomic mass is 16.5. The third-order valence-corrected chi connectivity index (χ3v) is 6.78. The van der Waals surface area contributed by atoms with E-state index in [0.29, 0.717) is 5.92 Å². The summed E-state index contributed by atoms with van der Waals surface area (Å²) >= 11 is 0. The summed E-state index contributed by atoms with van der Waals surface area (Å²) in [5, 5.41) is 0. The van der Waals surface area contributed by atoms with Crippen molar-refractivity contribution in [1.82, 2.24) is 4.90 Å². The van der Waals surface area contributed by atoms with Gasteiger partial charge in [0.15, 0.2) is 0 Å². The van der Waals surface area contributed by atoms with Crippen LogP contribution in [0, 0.1) is 5.92 Å². The molecule has 1 atom stereocenters. The Morgan fingerprint density at radius 2 is 1.60 bits per heavy atom. The van der Waals surface area contributed by atoms with Gasteiger partial charge in [-0.3, -0.25) is 9.69 Å². The zero-order valence-corrected chi connectivity index (χ0v) is 15.3. The molecule has 0 N–H and O–H groups in total. The van der Waals surface area contributed by atoms with E-state index < -0.39 is 5.41 Å². The van der Waals surface area contributed by atoms with Crippen LogP contribution in [0.15, 0.2) is 30.3 Å². The smallest absolute Gasteiger partial charge is 0.316 e. The van der Waals surface area contributed by atoms with Gasteiger partial charge in [0, 0.05) is 6.54 Å². The molecule has 4 fully saturated rings. The van der Waals surface area contributed by atoms with Gasteiger partial charge in [0.25, 0.3) is 0 Å². The molecule has 3 nitrogen and oxygen atoms in total. The summed E-state index contributed by atoms with van der Waals surface area (Å²) in [4.78, 5) is 16.0. The van der Waals surface area contributed by atoms with E-state index in [-0.39, 0.29) is 12.1 Å². The zero-order chi connectivity index (χ0) is 17.1. The minimum Gasteiger partial charge on any atom is -0.460 e. The van der Waals surface area contributed by atoms with Crippen LogP contribution in [0.1, 0.15) is 63.4 Å². The van der Waals surface area contributed by atoms with Crippen molar-refractivity contribution in [2.24, 2.45) is 5.92 Å². The molecule has 3 saturated heterocycles. The van der Waals surface area contributed by atoms with E-state index in [2.05, 4.69) is 29.2 Å². The minimum atomic E-state index is -0.423. The molecule has 1 aromatic rings. The van der Waals surface area contributed by atoms with E-state index in [9.17, 15) is 4.79 Å². The second-order valence-corrected chi connectivity index (χ2v) is 8.30. The van der Waals surface area contributed by atoms with Crippen molar-refractivity contribution < 1.29 is 9.53 Å². The van der Waals surface area contributed by atoms with Gasteiger partial charge in [-0.05, 0) is 50.3 Å². The molecule has 1 saturated carbocycles. The van der Waals surface area contributed by atoms with Crippen molar-refractivity contribution in [1.29, 1.82) is 0 Å². The maximum Gasteiger partial charge on any atom is 0.316 e. The fourth-order valence-electron chi connectivity index (χ4n) is 5.17. The molecule has 3 heterocycles. The molecular weight excluding hydrogens is 310 g/mol. The molecule has 0 spiro atoms. The molecular formula is C22H31NO2. The van der Waals surface area contributed by atoms with Crippen LogP contribution in [-0.4, -0.2) is 36.6 Å². The van der Waals surface area contributed by atoms with Gasteiger partial charge in [0.05, 0.1) is 5.41 Å². The Morgan fingerprint density at radius 3 is 2.20 bits per heavy atom. The van der Waals surface area contributed by atoms with Crippen LogP contribution < -0.4 is 0 Å². The SMILES string of the molecule is O=C(O[C@H]1CN2CCC1CC2)C1(c2ccccc2)CCCCCCC1. The van der Waals surface area contributed by atoms with Crippen molar-refractivity contribution >= 4 is 5.97 Å². The number of esters is 1. The number of fused-ring (bicyclic) bond motifs is 3. The molecule has 136 valence electrons. The van der Waals surface area contributed by atoms with Gasteiger partial charge in [0.1, 0.15) is 6.10 Å². The summed E-state index contributed by atoms with van der Waals surface area (Å²) in [6.07, 6.45) is 10.4. The van der Waals surface area contributed by atoms with Crippen LogP contribution in [0.25, 0.3) is 0 Å². The monoisotopic (exact) mass is 341 g/mol. The lowest BCUT2D eigenvalue weighted by atomic mass is 9.71. The lowest BCUT2D eigenvalue weighted by Crippen LogP contribution is -2.53. The topological polar surface area (TPSA) is 29.5 Å². The molecule has 2 bridgehead atoms. The van der Waals surface area contributed by atoms with Crippen LogP contribution >= 0.6 is 0 Å². The van der Waals surface area contributed by atoms with Crippen LogP contribution in [0.4, 0.5) is 0 Å². The Morgan fingerprint density at radius 1 is 0.960 bits per heavy atom. The van der Waals surface area contributed by atoms with Crippen molar-refractivity contribution in [3.63, 3.8) is 0 Å². The summed E-state index contributed by atoms with van der Waals surface area (Å²) in [5.41, 5.74) is 0.747. The molecule has 5 rings (SSSR count). The van der Waals surface area contributed by atoms with E-state index >= 15 is 0 Å². The quantitative estimate of drug-likeness (QED) is 0.768. The molecule has 0 aromatic heterocycles. The normalized spacial score (nSPS) is 31.8. The number of hydrogen-bond donors (Lipinski definition) is 0. The molecule has 25 heavy (non-hydrogen) atoms. The molecule has 3 heteroatoms. The Hall–Kier alpha value is -1.35. The summed E-state index contributed by atoms with van der Waals surface area (Å²) in [6.45, 7) is 3.31. The van der Waals surface area contributed by atoms with E-state index in [1.807, 2.05) is 6.07 Å². The fourth-order valence-corrected chi connectivity index (χ4v) is 5.17. The maximum absolute atomic E-state index is 13.5. The number of piperidine rings is 3. The Bertz CT molecular complexity index is 569. The lowest BCUT2D eigenvalue weighted by Gasteiger charge is -2.45. The Kier molecular flexibility index (Phi) is 5.12. The van der Waals surface area contributed by atoms with Gasteiger partial charge < -0.3 is 4.74 Å². The van der Waals surface area contributed by atoms with Crippen LogP contribution in [0.2, 0.25) is 0 Å². The second-order valence-electron chi connectivity index (χ2n) is 8.30. The molecule has 0 amide bonds. The van der Waals surface area contributed by atoms with Crippen molar-refractivity contribution in [2.45, 2.75) is 69.3 Å². The summed E-state index contributed by atoms with van der Waals surface area (Å²) in [6, 6.07) is 10.5. The summed E-state index contributed by atoms with van der Waals surface area (Å²) in [5.74, 6) is 0.634. The first-order valence-corrected chi connectivity index (χ1v) is 10.3. The van der Waals surface area contributed by atoms with Gasteiger partial charge in [-0.25, -0.2) is 0 Å². The molecule has 3 aliphatic heterocycles. The fraction of sp³-hybridized carbons (Fsp3) is 0.682. The van der Waals surface area contributed by atoms with Crippen LogP contribution in [0.5, 0.6) is 0 Å². The van der Waals surface area contributed by atoms with Gasteiger partial charge in [-0.2, -0.15) is 0 Å². The summed E-state index contributed by atoms with van der Waals surface area (Å²) < 4.78 is 6.24. The van der Waals surface area contributed by atoms with Gasteiger partial charge in [-0.15, -0.1) is 0 Å². The Balaban J connectivity index is 1.57. The van der Waals surface area contributed by atoms with E-state index in [1.54, 1.807) is 0 Å². The third kappa shape index (κ3) is 3.48. The molecule has 1 aromatic carbocycles. The first-order chi connectivity index (χ1) is 12.3. The third-order valence-electron chi connectivity index (χ3n) is 6.78. The number of benzene rings is 1. The van der Waals surface area contributed by atoms with E-state index in [4.69, 9.17) is 4.74 Å². The maximum atomic E-state index is 13.5.